The van der Waals surface area contributed by atoms with Gasteiger partial charge in [-0.2, -0.15) is 0 Å². The number of carbonyl (C=O) groups is 4. The van der Waals surface area contributed by atoms with Crippen molar-refractivity contribution in [2.45, 2.75) is 66.2 Å². The topological polar surface area (TPSA) is 155 Å². The fraction of sp³-hybridized carbons (Fsp3) is 0.268. The molecule has 51 heavy (non-hydrogen) atoms. The van der Waals surface area contributed by atoms with Crippen LogP contribution in [-0.2, 0) is 32.0 Å². The van der Waals surface area contributed by atoms with E-state index in [4.69, 9.17) is 0 Å². The number of fused-ring (bicyclic) bond motifs is 8. The molecule has 10 nitrogen and oxygen atoms in total. The third-order valence-corrected chi connectivity index (χ3v) is 10.2. The Morgan fingerprint density at radius 1 is 0.647 bits per heavy atom. The lowest BCUT2D eigenvalue weighted by Gasteiger charge is -2.12. The van der Waals surface area contributed by atoms with Crippen LogP contribution < -0.4 is 21.4 Å². The van der Waals surface area contributed by atoms with Crippen molar-refractivity contribution in [2.75, 3.05) is 6.54 Å². The normalized spacial score (nSPS) is 13.5. The van der Waals surface area contributed by atoms with E-state index in [1.54, 1.807) is 0 Å². The zero-order chi connectivity index (χ0) is 36.6. The van der Waals surface area contributed by atoms with E-state index in [0.717, 1.165) is 93.6 Å². The van der Waals surface area contributed by atoms with Crippen molar-refractivity contribution in [2.24, 2.45) is 0 Å². The first-order chi connectivity index (χ1) is 24.4. The quantitative estimate of drug-likeness (QED) is 0.128. The fourth-order valence-corrected chi connectivity index (χ4v) is 7.17. The summed E-state index contributed by atoms with van der Waals surface area (Å²) in [5.74, 6) is -1.53. The highest BCUT2D eigenvalue weighted by Gasteiger charge is 2.23. The van der Waals surface area contributed by atoms with Gasteiger partial charge in [0.1, 0.15) is 5.78 Å². The number of hydrogen-bond acceptors (Lipinski definition) is 4. The number of aliphatic carboxylic acids is 1. The second kappa shape index (κ2) is 14.1. The van der Waals surface area contributed by atoms with Crippen LogP contribution in [0.2, 0.25) is 0 Å². The first kappa shape index (κ1) is 34.9. The molecular formula is C41H43N5O5. The molecule has 5 N–H and O–H groups in total. The summed E-state index contributed by atoms with van der Waals surface area (Å²) in [5, 5.41) is 13.1. The van der Waals surface area contributed by atoms with Crippen molar-refractivity contribution in [1.29, 1.82) is 0 Å². The Morgan fingerprint density at radius 3 is 1.90 bits per heavy atom. The van der Waals surface area contributed by atoms with Crippen LogP contribution in [0.15, 0.2) is 25.3 Å². The lowest BCUT2D eigenvalue weighted by molar-refractivity contribution is -0.138. The van der Waals surface area contributed by atoms with Gasteiger partial charge < -0.3 is 25.0 Å². The number of hydrogen-bond donors (Lipinski definition) is 5. The molecule has 0 unspecified atom stereocenters. The number of aromatic nitrogens is 4. The number of nitrogens with one attached hydrogen (secondary N) is 4. The Balaban J connectivity index is 1.49. The smallest absolute Gasteiger partial charge is 0.303 e. The molecule has 10 heteroatoms. The van der Waals surface area contributed by atoms with E-state index < -0.39 is 5.97 Å². The van der Waals surface area contributed by atoms with E-state index in [9.17, 15) is 24.3 Å². The van der Waals surface area contributed by atoms with Crippen LogP contribution in [0, 0.1) is 27.7 Å². The molecule has 0 fully saturated rings. The lowest BCUT2D eigenvalue weighted by atomic mass is 10.0. The van der Waals surface area contributed by atoms with Gasteiger partial charge in [-0.15, -0.1) is 0 Å². The second-order valence-corrected chi connectivity index (χ2v) is 13.3. The third kappa shape index (κ3) is 6.81. The second-order valence-electron chi connectivity index (χ2n) is 13.3. The van der Waals surface area contributed by atoms with Crippen molar-refractivity contribution in [1.82, 2.24) is 24.8 Å². The number of nitrogens with zero attached hydrogens (tertiary/aromatic N) is 1. The summed E-state index contributed by atoms with van der Waals surface area (Å²) in [7, 11) is 0. The maximum Gasteiger partial charge on any atom is 0.303 e. The van der Waals surface area contributed by atoms with Crippen LogP contribution >= 0.6 is 0 Å². The number of carboxylic acid groups (broad SMARTS) is 1. The van der Waals surface area contributed by atoms with Crippen molar-refractivity contribution in [3.8, 4) is 0 Å². The van der Waals surface area contributed by atoms with Gasteiger partial charge in [-0.3, -0.25) is 24.1 Å². The van der Waals surface area contributed by atoms with E-state index >= 15 is 0 Å². The molecule has 0 saturated carbocycles. The molecule has 0 radical (unpaired) electrons. The molecule has 8 bridgehead atoms. The van der Waals surface area contributed by atoms with Crippen LogP contribution in [0.4, 0.5) is 0 Å². The number of Topliss-reactive ketones (excluding diaryl/α,β-unsaturated/α-hetero) is 1. The maximum atomic E-state index is 13.1. The van der Waals surface area contributed by atoms with Crippen molar-refractivity contribution >= 4 is 60.0 Å². The highest BCUT2D eigenvalue weighted by atomic mass is 16.4. The van der Waals surface area contributed by atoms with Gasteiger partial charge in [0.2, 0.25) is 0 Å². The van der Waals surface area contributed by atoms with E-state index in [2.05, 4.69) is 59.1 Å². The zero-order valence-electron chi connectivity index (χ0n) is 29.5. The predicted octanol–water partition coefficient (Wildman–Crippen LogP) is 3.37. The number of aromatic amines is 4. The molecular weight excluding hydrogens is 642 g/mol. The van der Waals surface area contributed by atoms with Crippen molar-refractivity contribution in [3.63, 3.8) is 0 Å². The average molecular weight is 686 g/mol. The standard InChI is InChI=1S/C41H43N5O5/c1-7-27-22(3)31-18-32-24(5)29(12-11-26(47)10-9-17-46-39(48)14-15-40(46)49)37(44-32)21-38-30(13-16-41(50)51)25(6)34(45-38)20-36-28(8-2)23(4)33(43-36)19-35(27)42-31/h7-8,14-15,18-21,42-45H,1-2,9-13,16-17H2,3-6H3,(H,50,51). The predicted molar refractivity (Wildman–Crippen MR) is 199 cm³/mol. The Bertz CT molecular complexity index is 2410. The monoisotopic (exact) mass is 685 g/mol. The molecule has 0 aromatic carbocycles. The van der Waals surface area contributed by atoms with Gasteiger partial charge in [0, 0.05) is 93.3 Å². The molecule has 2 amide bonds. The van der Waals surface area contributed by atoms with Crippen molar-refractivity contribution in [3.05, 3.63) is 114 Å². The fourth-order valence-electron chi connectivity index (χ4n) is 7.17. The van der Waals surface area contributed by atoms with Crippen LogP contribution in [0.25, 0.3) is 36.5 Å². The summed E-state index contributed by atoms with van der Waals surface area (Å²) in [6.45, 7) is 16.5. The number of ketones is 1. The molecule has 6 heterocycles. The Kier molecular flexibility index (Phi) is 9.69. The van der Waals surface area contributed by atoms with E-state index in [1.807, 2.05) is 38.2 Å². The Morgan fingerprint density at radius 2 is 1.22 bits per heavy atom. The number of carbonyl (C=O) groups excluding carboxylic acids is 3. The van der Waals surface area contributed by atoms with Crippen LogP contribution in [0.5, 0.6) is 0 Å². The van der Waals surface area contributed by atoms with Crippen LogP contribution in [0.3, 0.4) is 0 Å². The van der Waals surface area contributed by atoms with Gasteiger partial charge in [0.05, 0.1) is 0 Å². The molecule has 2 aliphatic heterocycles. The van der Waals surface area contributed by atoms with E-state index in [1.165, 1.54) is 12.2 Å². The minimum atomic E-state index is -0.875. The molecule has 0 aliphatic carbocycles. The van der Waals surface area contributed by atoms with Gasteiger partial charge >= 0.3 is 5.97 Å². The van der Waals surface area contributed by atoms with Gasteiger partial charge in [0.15, 0.2) is 0 Å². The highest BCUT2D eigenvalue weighted by Crippen LogP contribution is 2.24. The van der Waals surface area contributed by atoms with E-state index in [0.29, 0.717) is 19.3 Å². The summed E-state index contributed by atoms with van der Waals surface area (Å²) in [4.78, 5) is 64.2. The molecule has 262 valence electrons. The molecule has 4 aromatic heterocycles. The SMILES string of the molecule is C=Cc1c2[nH]c(c1C)C=c1[nH]c(c(CCC(=O)CCCN3C(=O)C=CC3=O)c1C)=Cc1[nH]c(c(C)c1CCC(=O)O)C=c1[nH]c(c(C)c1C=C)=C2. The molecule has 2 aliphatic rings. The zero-order valence-corrected chi connectivity index (χ0v) is 29.5. The first-order valence-electron chi connectivity index (χ1n) is 17.2. The van der Waals surface area contributed by atoms with Gasteiger partial charge in [-0.1, -0.05) is 25.3 Å². The van der Waals surface area contributed by atoms with Gasteiger partial charge in [-0.05, 0) is 105 Å². The Labute approximate surface area is 295 Å². The van der Waals surface area contributed by atoms with Crippen molar-refractivity contribution < 1.29 is 24.3 Å². The summed E-state index contributed by atoms with van der Waals surface area (Å²) in [5.41, 5.74) is 11.4. The number of amides is 2. The van der Waals surface area contributed by atoms with Crippen LogP contribution in [-0.4, -0.2) is 60.1 Å². The highest BCUT2D eigenvalue weighted by molar-refractivity contribution is 6.12. The summed E-state index contributed by atoms with van der Waals surface area (Å²) in [6.07, 6.45) is 16.2. The van der Waals surface area contributed by atoms with Gasteiger partial charge in [0.25, 0.3) is 11.8 Å². The molecule has 4 aromatic rings. The lowest BCUT2D eigenvalue weighted by Crippen LogP contribution is -2.31. The van der Waals surface area contributed by atoms with Gasteiger partial charge in [-0.25, -0.2) is 0 Å². The molecule has 0 atom stereocenters. The number of rotatable bonds is 12. The largest absolute Gasteiger partial charge is 0.481 e. The number of carboxylic acids is 1. The minimum absolute atomic E-state index is 0.0216. The molecule has 0 spiro atoms. The summed E-state index contributed by atoms with van der Waals surface area (Å²) < 4.78 is 0. The van der Waals surface area contributed by atoms with E-state index in [-0.39, 0.29) is 43.4 Å². The summed E-state index contributed by atoms with van der Waals surface area (Å²) in [6, 6.07) is 0. The van der Waals surface area contributed by atoms with Crippen LogP contribution in [0.1, 0.15) is 93.0 Å². The minimum Gasteiger partial charge on any atom is -0.481 e. The first-order valence-corrected chi connectivity index (χ1v) is 17.2. The number of imide groups is 1. The average Bonchev–Trinajstić information content (AvgIpc) is 3.83. The summed E-state index contributed by atoms with van der Waals surface area (Å²) >= 11 is 0. The third-order valence-electron chi connectivity index (χ3n) is 10.2. The molecule has 0 saturated heterocycles. The maximum absolute atomic E-state index is 13.1. The number of H-pyrrole nitrogens is 4. The Hall–Kier alpha value is -5.90. The molecule has 6 rings (SSSR count).